The van der Waals surface area contributed by atoms with Crippen molar-refractivity contribution in [2.45, 2.75) is 19.4 Å². The van der Waals surface area contributed by atoms with E-state index in [9.17, 15) is 4.79 Å². The lowest BCUT2D eigenvalue weighted by atomic mass is 10.2. The number of nitrogens with zero attached hydrogens (tertiary/aromatic N) is 3. The standard InChI is InChI=1S/C17H23N5O/c1-14(13-22(2)15-7-4-3-5-8-15)21-16(23)9-12-20-17-18-10-6-11-19-17/h3-8,10-11,14H,9,12-13H2,1-2H3,(H,21,23)(H,18,19,20)/t14-/m0/s1. The molecule has 6 nitrogen and oxygen atoms in total. The number of carbonyl (C=O) groups is 1. The normalized spacial score (nSPS) is 11.6. The van der Waals surface area contributed by atoms with Gasteiger partial charge in [-0.1, -0.05) is 18.2 Å². The number of benzene rings is 1. The second kappa shape index (κ2) is 8.73. The molecule has 0 saturated heterocycles. The fraction of sp³-hybridized carbons (Fsp3) is 0.353. The highest BCUT2D eigenvalue weighted by atomic mass is 16.1. The molecule has 0 radical (unpaired) electrons. The van der Waals surface area contributed by atoms with Crippen LogP contribution < -0.4 is 15.5 Å². The first-order chi connectivity index (χ1) is 11.1. The molecule has 2 rings (SSSR count). The summed E-state index contributed by atoms with van der Waals surface area (Å²) in [6.07, 6.45) is 3.71. The number of hydrogen-bond acceptors (Lipinski definition) is 5. The van der Waals surface area contributed by atoms with E-state index in [1.165, 1.54) is 0 Å². The summed E-state index contributed by atoms with van der Waals surface area (Å²) in [7, 11) is 2.02. The summed E-state index contributed by atoms with van der Waals surface area (Å²) in [5.41, 5.74) is 1.14. The van der Waals surface area contributed by atoms with E-state index in [4.69, 9.17) is 0 Å². The molecule has 1 aromatic carbocycles. The van der Waals surface area contributed by atoms with Crippen LogP contribution in [0.1, 0.15) is 13.3 Å². The highest BCUT2D eigenvalue weighted by Gasteiger charge is 2.10. The molecule has 1 atom stereocenters. The third-order valence-corrected chi connectivity index (χ3v) is 3.35. The third-order valence-electron chi connectivity index (χ3n) is 3.35. The number of carbonyl (C=O) groups excluding carboxylic acids is 1. The Morgan fingerprint density at radius 1 is 1.17 bits per heavy atom. The Labute approximate surface area is 137 Å². The molecule has 0 fully saturated rings. The van der Waals surface area contributed by atoms with Crippen molar-refractivity contribution >= 4 is 17.5 Å². The molecule has 1 aromatic heterocycles. The number of para-hydroxylation sites is 1. The molecule has 0 unspecified atom stereocenters. The molecule has 0 bridgehead atoms. The predicted molar refractivity (Wildman–Crippen MR) is 92.5 cm³/mol. The maximum atomic E-state index is 12.0. The lowest BCUT2D eigenvalue weighted by Gasteiger charge is -2.24. The SMILES string of the molecule is C[C@@H](CN(C)c1ccccc1)NC(=O)CCNc1ncccn1. The maximum absolute atomic E-state index is 12.0. The minimum atomic E-state index is 0.0161. The van der Waals surface area contributed by atoms with Gasteiger partial charge in [0.25, 0.3) is 0 Å². The summed E-state index contributed by atoms with van der Waals surface area (Å²) in [6, 6.07) is 11.9. The van der Waals surface area contributed by atoms with Crippen LogP contribution in [0, 0.1) is 0 Å². The zero-order valence-electron chi connectivity index (χ0n) is 13.6. The van der Waals surface area contributed by atoms with E-state index in [-0.39, 0.29) is 11.9 Å². The van der Waals surface area contributed by atoms with Gasteiger partial charge in [0.15, 0.2) is 0 Å². The molecule has 0 spiro atoms. The summed E-state index contributed by atoms with van der Waals surface area (Å²) < 4.78 is 0. The average Bonchev–Trinajstić information content (AvgIpc) is 2.56. The molecule has 0 aliphatic heterocycles. The van der Waals surface area contributed by atoms with E-state index in [0.717, 1.165) is 12.2 Å². The number of amides is 1. The molecular formula is C17H23N5O. The Hall–Kier alpha value is -2.63. The Kier molecular flexibility index (Phi) is 6.35. The Morgan fingerprint density at radius 2 is 1.87 bits per heavy atom. The number of nitrogens with one attached hydrogen (secondary N) is 2. The van der Waals surface area contributed by atoms with E-state index >= 15 is 0 Å². The molecule has 0 aliphatic rings. The molecule has 2 aromatic rings. The molecular weight excluding hydrogens is 290 g/mol. The Balaban J connectivity index is 1.68. The first-order valence-electron chi connectivity index (χ1n) is 7.71. The fourth-order valence-corrected chi connectivity index (χ4v) is 2.27. The Morgan fingerprint density at radius 3 is 2.57 bits per heavy atom. The van der Waals surface area contributed by atoms with E-state index in [1.807, 2.05) is 32.2 Å². The number of hydrogen-bond donors (Lipinski definition) is 2. The highest BCUT2D eigenvalue weighted by molar-refractivity contribution is 5.76. The molecule has 23 heavy (non-hydrogen) atoms. The number of aromatic nitrogens is 2. The van der Waals surface area contributed by atoms with Gasteiger partial charge in [-0.15, -0.1) is 0 Å². The van der Waals surface area contributed by atoms with Crippen LogP contribution >= 0.6 is 0 Å². The van der Waals surface area contributed by atoms with Gasteiger partial charge < -0.3 is 15.5 Å². The average molecular weight is 313 g/mol. The number of anilines is 2. The monoisotopic (exact) mass is 313 g/mol. The number of likely N-dealkylation sites (N-methyl/N-ethyl adjacent to an activating group) is 1. The number of rotatable bonds is 8. The van der Waals surface area contributed by atoms with Gasteiger partial charge in [0.1, 0.15) is 0 Å². The van der Waals surface area contributed by atoms with Crippen LogP contribution in [0.4, 0.5) is 11.6 Å². The summed E-state index contributed by atoms with van der Waals surface area (Å²) in [5, 5.41) is 6.03. The smallest absolute Gasteiger partial charge is 0.222 e. The van der Waals surface area contributed by atoms with Crippen molar-refractivity contribution in [2.24, 2.45) is 0 Å². The molecule has 122 valence electrons. The van der Waals surface area contributed by atoms with E-state index in [2.05, 4.69) is 37.6 Å². The van der Waals surface area contributed by atoms with Gasteiger partial charge in [-0.2, -0.15) is 0 Å². The van der Waals surface area contributed by atoms with Gasteiger partial charge in [0.2, 0.25) is 11.9 Å². The van der Waals surface area contributed by atoms with Crippen LogP contribution in [0.5, 0.6) is 0 Å². The first kappa shape index (κ1) is 16.7. The second-order valence-electron chi connectivity index (χ2n) is 5.43. The topological polar surface area (TPSA) is 70.2 Å². The first-order valence-corrected chi connectivity index (χ1v) is 7.71. The van der Waals surface area contributed by atoms with Crippen molar-refractivity contribution in [3.05, 3.63) is 48.8 Å². The zero-order valence-corrected chi connectivity index (χ0v) is 13.6. The van der Waals surface area contributed by atoms with Gasteiger partial charge in [-0.25, -0.2) is 9.97 Å². The van der Waals surface area contributed by atoms with Crippen LogP contribution in [0.2, 0.25) is 0 Å². The van der Waals surface area contributed by atoms with E-state index in [0.29, 0.717) is 18.9 Å². The maximum Gasteiger partial charge on any atom is 0.222 e. The molecule has 1 heterocycles. The van der Waals surface area contributed by atoms with Crippen LogP contribution in [0.15, 0.2) is 48.8 Å². The fourth-order valence-electron chi connectivity index (χ4n) is 2.27. The van der Waals surface area contributed by atoms with Gasteiger partial charge in [0, 0.05) is 50.7 Å². The van der Waals surface area contributed by atoms with Gasteiger partial charge in [0.05, 0.1) is 0 Å². The minimum Gasteiger partial charge on any atom is -0.373 e. The molecule has 6 heteroatoms. The zero-order chi connectivity index (χ0) is 16.5. The minimum absolute atomic E-state index is 0.0161. The summed E-state index contributed by atoms with van der Waals surface area (Å²) in [5.74, 6) is 0.555. The van der Waals surface area contributed by atoms with Gasteiger partial charge in [-0.3, -0.25) is 4.79 Å². The second-order valence-corrected chi connectivity index (χ2v) is 5.43. The van der Waals surface area contributed by atoms with Crippen molar-refractivity contribution in [3.8, 4) is 0 Å². The van der Waals surface area contributed by atoms with Crippen molar-refractivity contribution in [1.82, 2.24) is 15.3 Å². The quantitative estimate of drug-likeness (QED) is 0.779. The lowest BCUT2D eigenvalue weighted by Crippen LogP contribution is -2.41. The molecule has 1 amide bonds. The van der Waals surface area contributed by atoms with Crippen molar-refractivity contribution < 1.29 is 4.79 Å². The van der Waals surface area contributed by atoms with Crippen molar-refractivity contribution in [2.75, 3.05) is 30.4 Å². The summed E-state index contributed by atoms with van der Waals surface area (Å²) in [6.45, 7) is 3.27. The summed E-state index contributed by atoms with van der Waals surface area (Å²) >= 11 is 0. The van der Waals surface area contributed by atoms with Gasteiger partial charge >= 0.3 is 0 Å². The van der Waals surface area contributed by atoms with Crippen LogP contribution in [0.3, 0.4) is 0 Å². The molecule has 0 saturated carbocycles. The predicted octanol–water partition coefficient (Wildman–Crippen LogP) is 1.92. The Bertz CT molecular complexity index is 590. The van der Waals surface area contributed by atoms with Crippen LogP contribution in [0.25, 0.3) is 0 Å². The van der Waals surface area contributed by atoms with Crippen molar-refractivity contribution in [1.29, 1.82) is 0 Å². The lowest BCUT2D eigenvalue weighted by molar-refractivity contribution is -0.121. The van der Waals surface area contributed by atoms with Crippen molar-refractivity contribution in [3.63, 3.8) is 0 Å². The van der Waals surface area contributed by atoms with Gasteiger partial charge in [-0.05, 0) is 25.1 Å². The van der Waals surface area contributed by atoms with E-state index < -0.39 is 0 Å². The van der Waals surface area contributed by atoms with Crippen LogP contribution in [-0.4, -0.2) is 42.1 Å². The van der Waals surface area contributed by atoms with Crippen LogP contribution in [-0.2, 0) is 4.79 Å². The van der Waals surface area contributed by atoms with E-state index in [1.54, 1.807) is 18.5 Å². The summed E-state index contributed by atoms with van der Waals surface area (Å²) in [4.78, 5) is 22.2. The largest absolute Gasteiger partial charge is 0.373 e. The third kappa shape index (κ3) is 5.94. The highest BCUT2D eigenvalue weighted by Crippen LogP contribution is 2.10. The molecule has 0 aliphatic carbocycles. The molecule has 2 N–H and O–H groups in total.